The van der Waals surface area contributed by atoms with Gasteiger partial charge in [0.15, 0.2) is 17.3 Å². The minimum Gasteiger partial charge on any atom is -0.449 e. The van der Waals surface area contributed by atoms with Gasteiger partial charge in [0.1, 0.15) is 11.6 Å². The maximum atomic E-state index is 12.8. The second-order valence-electron chi connectivity index (χ2n) is 11.0. The van der Waals surface area contributed by atoms with Crippen LogP contribution < -0.4 is 19.8 Å². The summed E-state index contributed by atoms with van der Waals surface area (Å²) < 4.78 is 17.2. The van der Waals surface area contributed by atoms with Crippen molar-refractivity contribution in [3.8, 4) is 11.5 Å². The molecular weight excluding hydrogens is 512 g/mol. The summed E-state index contributed by atoms with van der Waals surface area (Å²) in [4.78, 5) is 30.9. The van der Waals surface area contributed by atoms with E-state index in [1.54, 1.807) is 6.21 Å². The first-order valence-corrected chi connectivity index (χ1v) is 14.2. The number of aromatic nitrogens is 2. The fourth-order valence-electron chi connectivity index (χ4n) is 5.46. The molecule has 1 aromatic heterocycles. The molecule has 4 aliphatic heterocycles. The third-order valence-electron chi connectivity index (χ3n) is 7.55. The second kappa shape index (κ2) is 11.5. The fourth-order valence-corrected chi connectivity index (χ4v) is 5.46. The topological polar surface area (TPSA) is 108 Å². The van der Waals surface area contributed by atoms with Crippen molar-refractivity contribution in [2.75, 3.05) is 75.9 Å². The zero-order valence-electron chi connectivity index (χ0n) is 23.3. The lowest BCUT2D eigenvalue weighted by Gasteiger charge is -2.36. The van der Waals surface area contributed by atoms with E-state index in [0.717, 1.165) is 88.2 Å². The Kier molecular flexibility index (Phi) is 7.61. The maximum Gasteiger partial charge on any atom is 0.320 e. The van der Waals surface area contributed by atoms with Crippen LogP contribution in [0.5, 0.6) is 11.5 Å². The number of benzene rings is 1. The molecule has 5 heterocycles. The summed E-state index contributed by atoms with van der Waals surface area (Å²) in [5.74, 6) is 2.99. The third-order valence-corrected chi connectivity index (χ3v) is 7.55. The van der Waals surface area contributed by atoms with Gasteiger partial charge in [0, 0.05) is 72.3 Å². The summed E-state index contributed by atoms with van der Waals surface area (Å²) in [6, 6.07) is 7.85. The number of hydrogen-bond donors (Lipinski definition) is 1. The highest BCUT2D eigenvalue weighted by Gasteiger charge is 2.31. The molecule has 1 N–H and O–H groups in total. The highest BCUT2D eigenvalue weighted by molar-refractivity contribution is 5.81. The summed E-state index contributed by atoms with van der Waals surface area (Å²) in [5, 5.41) is 4.45. The molecular formula is C28H38N8O4. The monoisotopic (exact) mass is 550 g/mol. The van der Waals surface area contributed by atoms with Crippen LogP contribution in [0.1, 0.15) is 38.1 Å². The first-order valence-electron chi connectivity index (χ1n) is 14.2. The molecule has 0 spiro atoms. The van der Waals surface area contributed by atoms with Gasteiger partial charge in [-0.2, -0.15) is 5.10 Å². The van der Waals surface area contributed by atoms with Crippen LogP contribution in [0.25, 0.3) is 0 Å². The molecule has 12 nitrogen and oxygen atoms in total. The Bertz CT molecular complexity index is 1230. The predicted octanol–water partition coefficient (Wildman–Crippen LogP) is 2.60. The summed E-state index contributed by atoms with van der Waals surface area (Å²) in [7, 11) is 0. The number of rotatable bonds is 6. The Balaban J connectivity index is 1.12. The Morgan fingerprint density at radius 2 is 1.68 bits per heavy atom. The molecule has 2 aromatic rings. The standard InChI is InChI=1S/C28H38N8O4/c1-28(2)39-22-6-5-21(17-23(22)40-28)19-29-32-24-18-26(34-13-15-38-16-14-34)31-25(30-24)20-33-9-11-36(12-10-33)27(37)35-7-3-4-8-35/h5-6,17-19H,3-4,7-16,20H2,1-2H3,(H,30,31,32)/b29-19+. The maximum absolute atomic E-state index is 12.8. The number of urea groups is 1. The first-order chi connectivity index (χ1) is 19.4. The van der Waals surface area contributed by atoms with Crippen molar-refractivity contribution in [3.05, 3.63) is 35.7 Å². The number of likely N-dealkylation sites (tertiary alicyclic amines) is 1. The fraction of sp³-hybridized carbons (Fsp3) is 0.571. The molecule has 0 saturated carbocycles. The number of anilines is 2. The van der Waals surface area contributed by atoms with Crippen LogP contribution in [-0.4, -0.2) is 108 Å². The van der Waals surface area contributed by atoms with Gasteiger partial charge >= 0.3 is 6.03 Å². The van der Waals surface area contributed by atoms with Crippen molar-refractivity contribution < 1.29 is 19.0 Å². The molecule has 40 heavy (non-hydrogen) atoms. The lowest BCUT2D eigenvalue weighted by molar-refractivity contribution is -0.0431. The number of carbonyl (C=O) groups excluding carboxylic acids is 1. The highest BCUT2D eigenvalue weighted by Crippen LogP contribution is 2.39. The van der Waals surface area contributed by atoms with Crippen molar-refractivity contribution in [2.24, 2.45) is 5.10 Å². The van der Waals surface area contributed by atoms with Gasteiger partial charge in [0.05, 0.1) is 26.0 Å². The number of morpholine rings is 1. The van der Waals surface area contributed by atoms with E-state index in [0.29, 0.717) is 31.3 Å². The van der Waals surface area contributed by atoms with Crippen molar-refractivity contribution >= 4 is 23.9 Å². The molecule has 0 unspecified atom stereocenters. The van der Waals surface area contributed by atoms with Crippen LogP contribution >= 0.6 is 0 Å². The van der Waals surface area contributed by atoms with Crippen molar-refractivity contribution in [1.82, 2.24) is 24.7 Å². The average molecular weight is 551 g/mol. The molecule has 3 fully saturated rings. The van der Waals surface area contributed by atoms with Crippen LogP contribution in [0.4, 0.5) is 16.4 Å². The Labute approximate surface area is 234 Å². The van der Waals surface area contributed by atoms with Crippen LogP contribution in [0, 0.1) is 0 Å². The van der Waals surface area contributed by atoms with E-state index >= 15 is 0 Å². The molecule has 1 aromatic carbocycles. The number of nitrogens with zero attached hydrogens (tertiary/aromatic N) is 7. The van der Waals surface area contributed by atoms with Gasteiger partial charge < -0.3 is 28.9 Å². The van der Waals surface area contributed by atoms with Gasteiger partial charge in [-0.05, 0) is 36.6 Å². The van der Waals surface area contributed by atoms with E-state index in [1.807, 2.05) is 47.9 Å². The number of hydrazone groups is 1. The van der Waals surface area contributed by atoms with Crippen LogP contribution in [0.15, 0.2) is 29.4 Å². The van der Waals surface area contributed by atoms with Gasteiger partial charge in [-0.3, -0.25) is 10.3 Å². The molecule has 0 aliphatic carbocycles. The zero-order valence-corrected chi connectivity index (χ0v) is 23.3. The van der Waals surface area contributed by atoms with Crippen molar-refractivity contribution in [2.45, 2.75) is 39.0 Å². The summed E-state index contributed by atoms with van der Waals surface area (Å²) in [6.07, 6.45) is 3.96. The number of nitrogens with one attached hydrogen (secondary N) is 1. The SMILES string of the molecule is CC1(C)Oc2ccc(/C=N/Nc3cc(N4CCOCC4)nc(CN4CCN(C(=O)N5CCCC5)CC4)n3)cc2O1. The highest BCUT2D eigenvalue weighted by atomic mass is 16.7. The molecule has 0 radical (unpaired) electrons. The van der Waals surface area contributed by atoms with Gasteiger partial charge in [0.25, 0.3) is 0 Å². The van der Waals surface area contributed by atoms with Crippen LogP contribution in [-0.2, 0) is 11.3 Å². The van der Waals surface area contributed by atoms with E-state index in [1.165, 1.54) is 0 Å². The smallest absolute Gasteiger partial charge is 0.320 e. The Morgan fingerprint density at radius 1 is 0.950 bits per heavy atom. The second-order valence-corrected chi connectivity index (χ2v) is 11.0. The molecule has 0 atom stereocenters. The van der Waals surface area contributed by atoms with E-state index < -0.39 is 5.79 Å². The predicted molar refractivity (Wildman–Crippen MR) is 151 cm³/mol. The van der Waals surface area contributed by atoms with E-state index in [2.05, 4.69) is 20.3 Å². The minimum absolute atomic E-state index is 0.179. The number of carbonyl (C=O) groups is 1. The quantitative estimate of drug-likeness (QED) is 0.429. The van der Waals surface area contributed by atoms with E-state index in [-0.39, 0.29) is 6.03 Å². The number of fused-ring (bicyclic) bond motifs is 1. The molecule has 4 aliphatic rings. The zero-order chi connectivity index (χ0) is 27.5. The number of piperazine rings is 1. The molecule has 6 rings (SSSR count). The first kappa shape index (κ1) is 26.6. The van der Waals surface area contributed by atoms with E-state index in [4.69, 9.17) is 24.2 Å². The molecule has 3 saturated heterocycles. The summed E-state index contributed by atoms with van der Waals surface area (Å²) in [6.45, 7) is 12.1. The molecule has 12 heteroatoms. The molecule has 214 valence electrons. The van der Waals surface area contributed by atoms with Crippen LogP contribution in [0.2, 0.25) is 0 Å². The summed E-state index contributed by atoms with van der Waals surface area (Å²) in [5.41, 5.74) is 3.98. The lowest BCUT2D eigenvalue weighted by Crippen LogP contribution is -2.52. The van der Waals surface area contributed by atoms with Gasteiger partial charge in [0.2, 0.25) is 5.79 Å². The number of amides is 2. The lowest BCUT2D eigenvalue weighted by atomic mass is 10.2. The van der Waals surface area contributed by atoms with Crippen molar-refractivity contribution in [3.63, 3.8) is 0 Å². The average Bonchev–Trinajstić information content (AvgIpc) is 3.60. The minimum atomic E-state index is -0.667. The number of hydrogen-bond acceptors (Lipinski definition) is 10. The third kappa shape index (κ3) is 6.23. The van der Waals surface area contributed by atoms with E-state index in [9.17, 15) is 4.79 Å². The summed E-state index contributed by atoms with van der Waals surface area (Å²) >= 11 is 0. The van der Waals surface area contributed by atoms with Gasteiger partial charge in [-0.25, -0.2) is 14.8 Å². The molecule has 2 amide bonds. The van der Waals surface area contributed by atoms with Gasteiger partial charge in [-0.15, -0.1) is 0 Å². The normalized spacial score (nSPS) is 20.9. The largest absolute Gasteiger partial charge is 0.449 e. The van der Waals surface area contributed by atoms with Crippen molar-refractivity contribution in [1.29, 1.82) is 0 Å². The molecule has 0 bridgehead atoms. The van der Waals surface area contributed by atoms with Gasteiger partial charge in [-0.1, -0.05) is 0 Å². The Morgan fingerprint density at radius 3 is 2.45 bits per heavy atom. The number of ether oxygens (including phenoxy) is 3. The van der Waals surface area contributed by atoms with Crippen LogP contribution in [0.3, 0.4) is 0 Å². The Hall–Kier alpha value is -3.64.